The van der Waals surface area contributed by atoms with Crippen LogP contribution >= 0.6 is 11.6 Å². The summed E-state index contributed by atoms with van der Waals surface area (Å²) in [6.07, 6.45) is -2.60. The van der Waals surface area contributed by atoms with Crippen LogP contribution in [-0.2, 0) is 0 Å². The highest BCUT2D eigenvalue weighted by Gasteiger charge is 2.32. The minimum absolute atomic E-state index is 0.147. The SMILES string of the molecule is CCNc1nc(Nc2ccc(OC(F)(F)F)c(Cl)c2)cc(C2CC2)n1. The van der Waals surface area contributed by atoms with E-state index < -0.39 is 12.1 Å². The number of nitrogens with one attached hydrogen (secondary N) is 2. The first kappa shape index (κ1) is 17.6. The molecule has 1 aliphatic rings. The predicted octanol–water partition coefficient (Wildman–Crippen LogP) is 5.08. The number of hydrogen-bond acceptors (Lipinski definition) is 5. The summed E-state index contributed by atoms with van der Waals surface area (Å²) in [4.78, 5) is 8.82. The molecule has 2 aromatic rings. The first-order valence-corrected chi connectivity index (χ1v) is 8.17. The molecule has 1 aromatic heterocycles. The Morgan fingerprint density at radius 1 is 1.24 bits per heavy atom. The minimum atomic E-state index is -4.79. The molecule has 134 valence electrons. The van der Waals surface area contributed by atoms with Gasteiger partial charge in [-0.2, -0.15) is 4.98 Å². The molecule has 1 aliphatic carbocycles. The third-order valence-corrected chi connectivity index (χ3v) is 3.80. The van der Waals surface area contributed by atoms with Gasteiger partial charge in [-0.15, -0.1) is 13.2 Å². The smallest absolute Gasteiger partial charge is 0.404 e. The van der Waals surface area contributed by atoms with Gasteiger partial charge in [-0.1, -0.05) is 11.6 Å². The lowest BCUT2D eigenvalue weighted by atomic mass is 10.2. The predicted molar refractivity (Wildman–Crippen MR) is 89.6 cm³/mol. The van der Waals surface area contributed by atoms with E-state index in [0.717, 1.165) is 24.6 Å². The fraction of sp³-hybridized carbons (Fsp3) is 0.375. The molecular weight excluding hydrogens is 357 g/mol. The van der Waals surface area contributed by atoms with Gasteiger partial charge in [-0.3, -0.25) is 0 Å². The summed E-state index contributed by atoms with van der Waals surface area (Å²) >= 11 is 5.86. The summed E-state index contributed by atoms with van der Waals surface area (Å²) in [6, 6.07) is 5.80. The van der Waals surface area contributed by atoms with E-state index >= 15 is 0 Å². The maximum absolute atomic E-state index is 12.3. The average molecular weight is 373 g/mol. The summed E-state index contributed by atoms with van der Waals surface area (Å²) < 4.78 is 40.7. The van der Waals surface area contributed by atoms with Gasteiger partial charge in [0.1, 0.15) is 11.6 Å². The Balaban J connectivity index is 1.80. The van der Waals surface area contributed by atoms with Crippen molar-refractivity contribution in [3.8, 4) is 5.75 Å². The van der Waals surface area contributed by atoms with E-state index in [0.29, 0.717) is 29.9 Å². The Hall–Kier alpha value is -2.22. The largest absolute Gasteiger partial charge is 0.573 e. The van der Waals surface area contributed by atoms with Crippen molar-refractivity contribution in [2.45, 2.75) is 32.0 Å². The number of alkyl halides is 3. The Labute approximate surface area is 147 Å². The molecule has 0 saturated heterocycles. The topological polar surface area (TPSA) is 59.1 Å². The van der Waals surface area contributed by atoms with Crippen LogP contribution in [0.5, 0.6) is 5.75 Å². The van der Waals surface area contributed by atoms with Gasteiger partial charge in [0.2, 0.25) is 5.95 Å². The van der Waals surface area contributed by atoms with Crippen molar-refractivity contribution >= 4 is 29.1 Å². The summed E-state index contributed by atoms with van der Waals surface area (Å²) in [5, 5.41) is 5.97. The number of ether oxygens (including phenoxy) is 1. The molecule has 25 heavy (non-hydrogen) atoms. The molecule has 1 fully saturated rings. The summed E-state index contributed by atoms with van der Waals surface area (Å²) in [6.45, 7) is 2.63. The number of aromatic nitrogens is 2. The molecule has 2 N–H and O–H groups in total. The fourth-order valence-electron chi connectivity index (χ4n) is 2.29. The molecule has 1 heterocycles. The van der Waals surface area contributed by atoms with E-state index in [4.69, 9.17) is 11.6 Å². The second kappa shape index (κ2) is 6.95. The van der Waals surface area contributed by atoms with Gasteiger partial charge in [0.15, 0.2) is 0 Å². The van der Waals surface area contributed by atoms with Crippen LogP contribution in [0.3, 0.4) is 0 Å². The van der Waals surface area contributed by atoms with E-state index in [1.165, 1.54) is 12.1 Å². The minimum Gasteiger partial charge on any atom is -0.404 e. The van der Waals surface area contributed by atoms with Crippen molar-refractivity contribution in [1.82, 2.24) is 9.97 Å². The van der Waals surface area contributed by atoms with Gasteiger partial charge in [0.05, 0.1) is 10.7 Å². The van der Waals surface area contributed by atoms with Crippen molar-refractivity contribution in [2.75, 3.05) is 17.2 Å². The Morgan fingerprint density at radius 2 is 2.00 bits per heavy atom. The van der Waals surface area contributed by atoms with Crippen LogP contribution in [0.1, 0.15) is 31.4 Å². The maximum atomic E-state index is 12.3. The van der Waals surface area contributed by atoms with Crippen molar-refractivity contribution in [3.05, 3.63) is 35.0 Å². The molecule has 0 bridgehead atoms. The first-order valence-electron chi connectivity index (χ1n) is 7.79. The van der Waals surface area contributed by atoms with Gasteiger partial charge in [0.25, 0.3) is 0 Å². The molecule has 5 nitrogen and oxygen atoms in total. The van der Waals surface area contributed by atoms with Crippen molar-refractivity contribution in [3.63, 3.8) is 0 Å². The van der Waals surface area contributed by atoms with Crippen LogP contribution in [0.4, 0.5) is 30.6 Å². The number of anilines is 3. The number of benzene rings is 1. The van der Waals surface area contributed by atoms with Gasteiger partial charge >= 0.3 is 6.36 Å². The summed E-state index contributed by atoms with van der Waals surface area (Å²) in [5.74, 6) is 1.05. The quantitative estimate of drug-likeness (QED) is 0.740. The van der Waals surface area contributed by atoms with Gasteiger partial charge < -0.3 is 15.4 Å². The zero-order valence-corrected chi connectivity index (χ0v) is 14.1. The number of hydrogen-bond donors (Lipinski definition) is 2. The number of rotatable bonds is 6. The van der Waals surface area contributed by atoms with E-state index in [-0.39, 0.29) is 5.02 Å². The maximum Gasteiger partial charge on any atom is 0.573 e. The van der Waals surface area contributed by atoms with Crippen molar-refractivity contribution < 1.29 is 17.9 Å². The van der Waals surface area contributed by atoms with Gasteiger partial charge in [0, 0.05) is 24.2 Å². The standard InChI is InChI=1S/C16H16ClF3N4O/c1-2-21-15-23-12(9-3-4-9)8-14(24-15)22-10-5-6-13(11(17)7-10)25-16(18,19)20/h5-9H,2-4H2,1H3,(H2,21,22,23,24). The zero-order chi connectivity index (χ0) is 18.0. The van der Waals surface area contributed by atoms with Crippen LogP contribution < -0.4 is 15.4 Å². The zero-order valence-electron chi connectivity index (χ0n) is 13.3. The van der Waals surface area contributed by atoms with E-state index in [9.17, 15) is 13.2 Å². The normalized spacial score (nSPS) is 14.3. The van der Waals surface area contributed by atoms with E-state index in [1.54, 1.807) is 0 Å². The molecule has 0 aliphatic heterocycles. The summed E-state index contributed by atoms with van der Waals surface area (Å²) in [7, 11) is 0. The van der Waals surface area contributed by atoms with E-state index in [2.05, 4.69) is 25.3 Å². The Kier molecular flexibility index (Phi) is 4.89. The van der Waals surface area contributed by atoms with Gasteiger partial charge in [-0.05, 0) is 38.0 Å². The Morgan fingerprint density at radius 3 is 2.60 bits per heavy atom. The fourth-order valence-corrected chi connectivity index (χ4v) is 2.51. The molecule has 1 aromatic carbocycles. The van der Waals surface area contributed by atoms with Crippen LogP contribution in [0.2, 0.25) is 5.02 Å². The molecule has 0 atom stereocenters. The lowest BCUT2D eigenvalue weighted by Crippen LogP contribution is -2.17. The molecule has 0 unspecified atom stereocenters. The van der Waals surface area contributed by atoms with Crippen molar-refractivity contribution in [1.29, 1.82) is 0 Å². The van der Waals surface area contributed by atoms with Crippen LogP contribution in [-0.4, -0.2) is 22.9 Å². The third-order valence-electron chi connectivity index (χ3n) is 3.51. The lowest BCUT2D eigenvalue weighted by Gasteiger charge is -2.13. The number of nitrogens with zero attached hydrogens (tertiary/aromatic N) is 2. The number of halogens is 4. The van der Waals surface area contributed by atoms with E-state index in [1.807, 2.05) is 13.0 Å². The second-order valence-corrected chi connectivity index (χ2v) is 6.03. The molecule has 3 rings (SSSR count). The highest BCUT2D eigenvalue weighted by atomic mass is 35.5. The molecule has 1 saturated carbocycles. The second-order valence-electron chi connectivity index (χ2n) is 5.62. The molecule has 0 amide bonds. The first-order chi connectivity index (χ1) is 11.8. The van der Waals surface area contributed by atoms with Gasteiger partial charge in [-0.25, -0.2) is 4.98 Å². The third kappa shape index (κ3) is 4.88. The van der Waals surface area contributed by atoms with Crippen LogP contribution in [0.15, 0.2) is 24.3 Å². The molecular formula is C16H16ClF3N4O. The molecule has 9 heteroatoms. The highest BCUT2D eigenvalue weighted by molar-refractivity contribution is 6.32. The lowest BCUT2D eigenvalue weighted by molar-refractivity contribution is -0.274. The average Bonchev–Trinajstić information content (AvgIpc) is 3.34. The highest BCUT2D eigenvalue weighted by Crippen LogP contribution is 2.40. The van der Waals surface area contributed by atoms with Crippen LogP contribution in [0.25, 0.3) is 0 Å². The van der Waals surface area contributed by atoms with Crippen molar-refractivity contribution in [2.24, 2.45) is 0 Å². The Bertz CT molecular complexity index is 766. The monoisotopic (exact) mass is 372 g/mol. The summed E-state index contributed by atoms with van der Waals surface area (Å²) in [5.41, 5.74) is 1.44. The van der Waals surface area contributed by atoms with Crippen LogP contribution in [0, 0.1) is 0 Å². The molecule has 0 spiro atoms. The molecule has 0 radical (unpaired) electrons.